The highest BCUT2D eigenvalue weighted by Crippen LogP contribution is 2.45. The Bertz CT molecular complexity index is 1100. The Morgan fingerprint density at radius 3 is 2.72 bits per heavy atom. The molecular weight excluding hydrogens is 366 g/mol. The minimum Gasteiger partial charge on any atom is -0.306 e. The molecule has 1 N–H and O–H groups in total. The van der Waals surface area contributed by atoms with Crippen LogP contribution in [-0.2, 0) is 0 Å². The average Bonchev–Trinajstić information content (AvgIpc) is 3.41. The number of hydrogen-bond acceptors (Lipinski definition) is 7. The lowest BCUT2D eigenvalue weighted by atomic mass is 9.71. The lowest BCUT2D eigenvalue weighted by Gasteiger charge is -2.36. The quantitative estimate of drug-likeness (QED) is 0.735. The van der Waals surface area contributed by atoms with Crippen molar-refractivity contribution in [3.05, 3.63) is 35.5 Å². The number of nitriles is 1. The molecule has 0 bridgehead atoms. The van der Waals surface area contributed by atoms with E-state index in [0.717, 1.165) is 48.3 Å². The van der Waals surface area contributed by atoms with E-state index in [-0.39, 0.29) is 11.8 Å². The molecule has 1 aliphatic carbocycles. The van der Waals surface area contributed by atoms with Crippen LogP contribution in [0.4, 0.5) is 5.82 Å². The van der Waals surface area contributed by atoms with Crippen LogP contribution in [0.15, 0.2) is 34.0 Å². The van der Waals surface area contributed by atoms with Crippen molar-refractivity contribution >= 4 is 22.6 Å². The Kier molecular flexibility index (Phi) is 4.40. The van der Waals surface area contributed by atoms with Crippen molar-refractivity contribution in [1.29, 1.82) is 5.26 Å². The van der Waals surface area contributed by atoms with Gasteiger partial charge in [0.25, 0.3) is 0 Å². The minimum absolute atomic E-state index is 0.191. The van der Waals surface area contributed by atoms with Gasteiger partial charge in [-0.15, -0.1) is 0 Å². The van der Waals surface area contributed by atoms with Crippen molar-refractivity contribution in [3.63, 3.8) is 0 Å². The highest BCUT2D eigenvalue weighted by atomic mass is 16.6. The summed E-state index contributed by atoms with van der Waals surface area (Å²) in [5.74, 6) is 0.510. The summed E-state index contributed by atoms with van der Waals surface area (Å²) < 4.78 is 4.97. The van der Waals surface area contributed by atoms with Crippen molar-refractivity contribution in [3.8, 4) is 6.07 Å². The summed E-state index contributed by atoms with van der Waals surface area (Å²) in [7, 11) is 4.28. The summed E-state index contributed by atoms with van der Waals surface area (Å²) in [5, 5.41) is 25.6. The fourth-order valence-electron chi connectivity index (χ4n) is 4.95. The SMILES string of the molecule is CN(C)C1CCC(C2=Nc3[nH]ncc3C(c3cccc4nonc34)C2C#N)CC1. The molecule has 0 saturated heterocycles. The number of rotatable bonds is 3. The van der Waals surface area contributed by atoms with Crippen LogP contribution in [0.1, 0.15) is 42.7 Å². The first-order valence-corrected chi connectivity index (χ1v) is 10.1. The van der Waals surface area contributed by atoms with E-state index >= 15 is 0 Å². The van der Waals surface area contributed by atoms with Crippen molar-refractivity contribution in [2.45, 2.75) is 37.6 Å². The van der Waals surface area contributed by atoms with Crippen molar-refractivity contribution < 1.29 is 4.63 Å². The molecule has 5 rings (SSSR count). The number of aromatic nitrogens is 4. The monoisotopic (exact) mass is 389 g/mol. The van der Waals surface area contributed by atoms with Crippen LogP contribution in [0, 0.1) is 23.2 Å². The minimum atomic E-state index is -0.358. The Labute approximate surface area is 168 Å². The summed E-state index contributed by atoms with van der Waals surface area (Å²) in [5.41, 5.74) is 4.23. The number of benzene rings is 1. The van der Waals surface area contributed by atoms with Gasteiger partial charge in [-0.05, 0) is 67.6 Å². The van der Waals surface area contributed by atoms with Crippen molar-refractivity contribution in [1.82, 2.24) is 25.4 Å². The fourth-order valence-corrected chi connectivity index (χ4v) is 4.95. The molecule has 29 heavy (non-hydrogen) atoms. The van der Waals surface area contributed by atoms with Gasteiger partial charge in [-0.3, -0.25) is 5.10 Å². The van der Waals surface area contributed by atoms with E-state index in [1.165, 1.54) is 0 Å². The van der Waals surface area contributed by atoms with Crippen molar-refractivity contribution in [2.75, 3.05) is 14.1 Å². The third-order valence-electron chi connectivity index (χ3n) is 6.51. The van der Waals surface area contributed by atoms with E-state index < -0.39 is 0 Å². The first-order valence-electron chi connectivity index (χ1n) is 10.1. The zero-order chi connectivity index (χ0) is 20.0. The van der Waals surface area contributed by atoms with E-state index in [9.17, 15) is 5.26 Å². The topological polar surface area (TPSA) is 107 Å². The van der Waals surface area contributed by atoms with Crippen LogP contribution in [-0.4, -0.2) is 51.3 Å². The zero-order valence-electron chi connectivity index (χ0n) is 16.5. The number of aromatic amines is 1. The molecule has 148 valence electrons. The van der Waals surface area contributed by atoms with Gasteiger partial charge in [-0.25, -0.2) is 9.62 Å². The highest BCUT2D eigenvalue weighted by molar-refractivity contribution is 5.97. The molecule has 2 aliphatic rings. The molecule has 8 heteroatoms. The smallest absolute Gasteiger partial charge is 0.151 e. The molecule has 0 amide bonds. The molecule has 0 radical (unpaired) electrons. The number of nitrogens with zero attached hydrogens (tertiary/aromatic N) is 6. The van der Waals surface area contributed by atoms with Crippen molar-refractivity contribution in [2.24, 2.45) is 16.8 Å². The maximum atomic E-state index is 10.2. The standard InChI is InChI=1S/C21H23N7O/c1-28(2)13-8-6-12(7-9-13)19-15(10-22)18(16-11-23-25-21(16)24-19)14-4-3-5-17-20(14)27-29-26-17/h3-5,11-13,15,18H,6-9H2,1-2H3,(H,23,25). The van der Waals surface area contributed by atoms with Gasteiger partial charge in [-0.2, -0.15) is 10.4 Å². The van der Waals surface area contributed by atoms with Gasteiger partial charge >= 0.3 is 0 Å². The van der Waals surface area contributed by atoms with Crippen LogP contribution in [0.3, 0.4) is 0 Å². The molecule has 2 unspecified atom stereocenters. The molecule has 8 nitrogen and oxygen atoms in total. The van der Waals surface area contributed by atoms with Gasteiger partial charge in [0.1, 0.15) is 11.0 Å². The van der Waals surface area contributed by atoms with Gasteiger partial charge in [0.15, 0.2) is 5.82 Å². The third-order valence-corrected chi connectivity index (χ3v) is 6.51. The van der Waals surface area contributed by atoms with E-state index in [1.54, 1.807) is 6.20 Å². The van der Waals surface area contributed by atoms with Crippen LogP contribution in [0.5, 0.6) is 0 Å². The molecule has 1 saturated carbocycles. The normalized spacial score (nSPS) is 26.9. The fraction of sp³-hybridized carbons (Fsp3) is 0.476. The summed E-state index contributed by atoms with van der Waals surface area (Å²) in [4.78, 5) is 7.20. The third kappa shape index (κ3) is 2.93. The molecule has 1 aliphatic heterocycles. The van der Waals surface area contributed by atoms with Gasteiger partial charge in [-0.1, -0.05) is 12.1 Å². The van der Waals surface area contributed by atoms with Crippen LogP contribution in [0.2, 0.25) is 0 Å². The average molecular weight is 389 g/mol. The molecule has 3 heterocycles. The highest BCUT2D eigenvalue weighted by Gasteiger charge is 2.41. The second kappa shape index (κ2) is 7.08. The second-order valence-electron chi connectivity index (χ2n) is 8.24. The Balaban J connectivity index is 1.57. The van der Waals surface area contributed by atoms with E-state index in [1.807, 2.05) is 18.2 Å². The molecule has 2 aromatic heterocycles. The summed E-state index contributed by atoms with van der Waals surface area (Å²) >= 11 is 0. The number of aliphatic imine (C=N–C) groups is 1. The summed E-state index contributed by atoms with van der Waals surface area (Å²) in [6, 6.07) is 8.97. The Morgan fingerprint density at radius 2 is 1.97 bits per heavy atom. The zero-order valence-corrected chi connectivity index (χ0v) is 16.5. The largest absolute Gasteiger partial charge is 0.306 e. The van der Waals surface area contributed by atoms with Gasteiger partial charge in [0.05, 0.1) is 18.2 Å². The lowest BCUT2D eigenvalue weighted by molar-refractivity contribution is 0.213. The van der Waals surface area contributed by atoms with Gasteiger partial charge in [0.2, 0.25) is 0 Å². The van der Waals surface area contributed by atoms with Gasteiger partial charge in [0, 0.05) is 23.2 Å². The molecule has 2 atom stereocenters. The number of fused-ring (bicyclic) bond motifs is 2. The second-order valence-corrected chi connectivity index (χ2v) is 8.24. The van der Waals surface area contributed by atoms with E-state index in [0.29, 0.717) is 23.0 Å². The summed E-state index contributed by atoms with van der Waals surface area (Å²) in [6.45, 7) is 0. The van der Waals surface area contributed by atoms with Crippen LogP contribution >= 0.6 is 0 Å². The van der Waals surface area contributed by atoms with Crippen LogP contribution < -0.4 is 0 Å². The first kappa shape index (κ1) is 18.0. The van der Waals surface area contributed by atoms with E-state index in [4.69, 9.17) is 9.62 Å². The van der Waals surface area contributed by atoms with Crippen LogP contribution in [0.25, 0.3) is 11.0 Å². The Morgan fingerprint density at radius 1 is 1.14 bits per heavy atom. The molecule has 3 aromatic rings. The predicted octanol–water partition coefficient (Wildman–Crippen LogP) is 3.42. The Hall–Kier alpha value is -3.05. The molecule has 1 fully saturated rings. The number of hydrogen-bond donors (Lipinski definition) is 1. The molecular formula is C21H23N7O. The van der Waals surface area contributed by atoms with E-state index in [2.05, 4.69) is 45.6 Å². The molecule has 0 spiro atoms. The predicted molar refractivity (Wildman–Crippen MR) is 108 cm³/mol. The lowest BCUT2D eigenvalue weighted by Crippen LogP contribution is -2.37. The number of H-pyrrole nitrogens is 1. The van der Waals surface area contributed by atoms with Gasteiger partial charge < -0.3 is 4.90 Å². The maximum Gasteiger partial charge on any atom is 0.151 e. The maximum absolute atomic E-state index is 10.2. The summed E-state index contributed by atoms with van der Waals surface area (Å²) in [6.07, 6.45) is 6.12. The number of nitrogens with one attached hydrogen (secondary N) is 1. The first-order chi connectivity index (χ1) is 14.2. The molecule has 1 aromatic carbocycles.